The predicted molar refractivity (Wildman–Crippen MR) is 178 cm³/mol. The lowest BCUT2D eigenvalue weighted by Crippen LogP contribution is -2.69. The summed E-state index contributed by atoms with van der Waals surface area (Å²) >= 11 is 0. The van der Waals surface area contributed by atoms with E-state index < -0.39 is 46.5 Å². The number of phenols is 1. The lowest BCUT2D eigenvalue weighted by molar-refractivity contribution is -0.248. The van der Waals surface area contributed by atoms with Crippen LogP contribution >= 0.6 is 0 Å². The van der Waals surface area contributed by atoms with Gasteiger partial charge in [-0.05, 0) is 116 Å². The predicted octanol–water partition coefficient (Wildman–Crippen LogP) is 6.12. The Kier molecular flexibility index (Phi) is 8.13. The molecule has 0 spiro atoms. The summed E-state index contributed by atoms with van der Waals surface area (Å²) in [4.78, 5) is 25.9. The Balaban J connectivity index is 1.32. The molecule has 0 amide bonds. The number of hydrogen-bond donors (Lipinski definition) is 5. The first-order valence-electron chi connectivity index (χ1n) is 17.5. The summed E-state index contributed by atoms with van der Waals surface area (Å²) in [5.74, 6) is -1.57. The van der Waals surface area contributed by atoms with E-state index in [1.54, 1.807) is 30.3 Å². The third-order valence-corrected chi connectivity index (χ3v) is 15.1. The molecule has 8 nitrogen and oxygen atoms in total. The van der Waals surface area contributed by atoms with Crippen LogP contribution in [0.1, 0.15) is 98.5 Å². The molecule has 47 heavy (non-hydrogen) atoms. The average molecular weight is 651 g/mol. The van der Waals surface area contributed by atoms with Crippen LogP contribution in [-0.2, 0) is 14.3 Å². The van der Waals surface area contributed by atoms with Gasteiger partial charge in [0.1, 0.15) is 5.75 Å². The number of aliphatic carboxylic acids is 1. The Morgan fingerprint density at radius 1 is 0.957 bits per heavy atom. The number of aliphatic hydroxyl groups excluding tert-OH is 2. The van der Waals surface area contributed by atoms with Gasteiger partial charge in [-0.25, -0.2) is 4.79 Å². The van der Waals surface area contributed by atoms with Crippen molar-refractivity contribution in [3.05, 3.63) is 47.6 Å². The fourth-order valence-electron chi connectivity index (χ4n) is 12.0. The maximum absolute atomic E-state index is 13.0. The molecule has 5 aliphatic rings. The van der Waals surface area contributed by atoms with Crippen LogP contribution in [0, 0.1) is 50.7 Å². The number of carboxylic acids is 1. The lowest BCUT2D eigenvalue weighted by atomic mass is 9.33. The van der Waals surface area contributed by atoms with Crippen LogP contribution in [-0.4, -0.2) is 61.9 Å². The molecule has 0 saturated heterocycles. The highest BCUT2D eigenvalue weighted by Gasteiger charge is 2.72. The number of aliphatic hydroxyl groups is 3. The number of rotatable bonds is 5. The van der Waals surface area contributed by atoms with E-state index in [0.29, 0.717) is 32.1 Å². The average Bonchev–Trinajstić information content (AvgIpc) is 3.00. The number of hydrogen-bond acceptors (Lipinski definition) is 7. The molecule has 4 saturated carbocycles. The Bertz CT molecular complexity index is 1480. The summed E-state index contributed by atoms with van der Waals surface area (Å²) in [5.41, 5.74) is -2.10. The summed E-state index contributed by atoms with van der Waals surface area (Å²) < 4.78 is 5.79. The second kappa shape index (κ2) is 11.2. The number of carboxylic acid groups (broad SMARTS) is 1. The zero-order chi connectivity index (χ0) is 34.4. The highest BCUT2D eigenvalue weighted by Crippen LogP contribution is 2.76. The van der Waals surface area contributed by atoms with Crippen LogP contribution < -0.4 is 0 Å². The van der Waals surface area contributed by atoms with Crippen molar-refractivity contribution in [3.8, 4) is 5.75 Å². The summed E-state index contributed by atoms with van der Waals surface area (Å²) in [6, 6.07) is 6.48. The molecule has 1 aromatic rings. The zero-order valence-electron chi connectivity index (χ0n) is 28.8. The second-order valence-corrected chi connectivity index (χ2v) is 17.1. The van der Waals surface area contributed by atoms with Crippen LogP contribution in [0.2, 0.25) is 0 Å². The highest BCUT2D eigenvalue weighted by molar-refractivity contribution is 5.87. The maximum atomic E-state index is 13.0. The normalized spacial score (nSPS) is 47.6. The molecule has 0 unspecified atom stereocenters. The van der Waals surface area contributed by atoms with E-state index in [1.165, 1.54) is 6.08 Å². The number of benzene rings is 1. The van der Waals surface area contributed by atoms with Gasteiger partial charge in [0.05, 0.1) is 29.8 Å². The monoisotopic (exact) mass is 650 g/mol. The number of phenolic OH excluding ortho intramolecular Hbond substituents is 1. The number of allylic oxidation sites excluding steroid dienone is 1. The molecular weight excluding hydrogens is 596 g/mol. The number of carbonyl (C=O) groups excluding carboxylic acids is 1. The van der Waals surface area contributed by atoms with Gasteiger partial charge in [0, 0.05) is 17.4 Å². The first kappa shape index (κ1) is 34.2. The number of fused-ring (bicyclic) bond motifs is 7. The van der Waals surface area contributed by atoms with E-state index in [9.17, 15) is 35.1 Å². The van der Waals surface area contributed by atoms with Crippen LogP contribution in [0.4, 0.5) is 0 Å². The van der Waals surface area contributed by atoms with Gasteiger partial charge < -0.3 is 30.3 Å². The summed E-state index contributed by atoms with van der Waals surface area (Å²) in [5, 5.41) is 55.2. The van der Waals surface area contributed by atoms with Gasteiger partial charge in [-0.3, -0.25) is 4.79 Å². The first-order valence-corrected chi connectivity index (χ1v) is 17.5. The molecule has 0 aromatic heterocycles. The van der Waals surface area contributed by atoms with Gasteiger partial charge in [-0.15, -0.1) is 0 Å². The molecule has 258 valence electrons. The standard InChI is InChI=1S/C39H54O8/c1-23-15-18-39(33(44)45)20-19-36(4)26(31(39)38(23,6)46)12-13-29-34(2)21-27(41)32(43)35(3,28(34)16-17-37(29,36)5)22-47-30(42)14-9-24-7-10-25(40)11-8-24/h7-12,14,23,27-29,31-32,40-41,43,46H,13,15-22H2,1-6H3,(H,44,45)/b14-9-/t23-,27-,28-,29-,31-,32+,34+,35+,36-,37-,38-,39+/m1/s1. The molecule has 1 aromatic carbocycles. The fraction of sp³-hybridized carbons (Fsp3) is 0.692. The Hall–Kier alpha value is -2.68. The van der Waals surface area contributed by atoms with Crippen molar-refractivity contribution in [1.29, 1.82) is 0 Å². The molecule has 4 fully saturated rings. The Morgan fingerprint density at radius 3 is 2.30 bits per heavy atom. The molecule has 0 aliphatic heterocycles. The van der Waals surface area contributed by atoms with Gasteiger partial charge in [0.15, 0.2) is 0 Å². The van der Waals surface area contributed by atoms with E-state index >= 15 is 0 Å². The molecule has 8 heteroatoms. The van der Waals surface area contributed by atoms with E-state index in [1.807, 2.05) is 20.8 Å². The topological polar surface area (TPSA) is 145 Å². The van der Waals surface area contributed by atoms with Crippen molar-refractivity contribution in [2.24, 2.45) is 50.7 Å². The molecule has 6 rings (SSSR count). The third kappa shape index (κ3) is 4.79. The van der Waals surface area contributed by atoms with Crippen molar-refractivity contribution in [3.63, 3.8) is 0 Å². The van der Waals surface area contributed by atoms with Crippen molar-refractivity contribution < 1.29 is 39.9 Å². The van der Waals surface area contributed by atoms with E-state index in [0.717, 1.165) is 30.4 Å². The van der Waals surface area contributed by atoms with Gasteiger partial charge in [-0.1, -0.05) is 58.4 Å². The zero-order valence-corrected chi connectivity index (χ0v) is 28.8. The SMILES string of the molecule is C[C@@H]1CC[C@]2(C(=O)O)CC[C@]3(C)C(=CC[C@@H]4[C@@]5(C)C[C@@H](O)[C@H](O)[C@@](C)(COC(=O)/C=C\c6ccc(O)cc6)[C@@H]5CC[C@]43C)[C@@H]2[C@]1(C)O. The number of carbonyl (C=O) groups is 2. The van der Waals surface area contributed by atoms with Gasteiger partial charge in [0.25, 0.3) is 0 Å². The van der Waals surface area contributed by atoms with Crippen LogP contribution in [0.5, 0.6) is 5.75 Å². The largest absolute Gasteiger partial charge is 0.508 e. The third-order valence-electron chi connectivity index (χ3n) is 15.1. The van der Waals surface area contributed by atoms with E-state index in [4.69, 9.17) is 4.74 Å². The lowest BCUT2D eigenvalue weighted by Gasteiger charge is -2.72. The van der Waals surface area contributed by atoms with Crippen LogP contribution in [0.15, 0.2) is 42.0 Å². The number of esters is 1. The summed E-state index contributed by atoms with van der Waals surface area (Å²) in [6.45, 7) is 12.7. The van der Waals surface area contributed by atoms with Gasteiger partial charge in [-0.2, -0.15) is 0 Å². The van der Waals surface area contributed by atoms with Crippen molar-refractivity contribution >= 4 is 18.0 Å². The molecule has 5 aliphatic carbocycles. The summed E-state index contributed by atoms with van der Waals surface area (Å²) in [7, 11) is 0. The van der Waals surface area contributed by atoms with Crippen molar-refractivity contribution in [1.82, 2.24) is 0 Å². The molecule has 5 N–H and O–H groups in total. The Morgan fingerprint density at radius 2 is 1.64 bits per heavy atom. The molecule has 12 atom stereocenters. The van der Waals surface area contributed by atoms with E-state index in [2.05, 4.69) is 26.8 Å². The number of aromatic hydroxyl groups is 1. The minimum Gasteiger partial charge on any atom is -0.508 e. The quantitative estimate of drug-likeness (QED) is 0.146. The van der Waals surface area contributed by atoms with Crippen LogP contribution in [0.25, 0.3) is 6.08 Å². The molecular formula is C39H54O8. The Labute approximate surface area is 278 Å². The molecule has 0 bridgehead atoms. The van der Waals surface area contributed by atoms with Crippen LogP contribution in [0.3, 0.4) is 0 Å². The minimum absolute atomic E-state index is 0.0173. The first-order chi connectivity index (χ1) is 21.9. The maximum Gasteiger partial charge on any atom is 0.330 e. The molecule has 0 heterocycles. The second-order valence-electron chi connectivity index (χ2n) is 17.1. The fourth-order valence-corrected chi connectivity index (χ4v) is 12.0. The highest BCUT2D eigenvalue weighted by atomic mass is 16.5. The minimum atomic E-state index is -1.14. The van der Waals surface area contributed by atoms with Gasteiger partial charge in [0.2, 0.25) is 0 Å². The van der Waals surface area contributed by atoms with Crippen molar-refractivity contribution in [2.75, 3.05) is 6.61 Å². The number of ether oxygens (including phenoxy) is 1. The van der Waals surface area contributed by atoms with E-state index in [-0.39, 0.29) is 46.4 Å². The smallest absolute Gasteiger partial charge is 0.330 e. The van der Waals surface area contributed by atoms with Gasteiger partial charge >= 0.3 is 11.9 Å². The van der Waals surface area contributed by atoms with Crippen molar-refractivity contribution in [2.45, 2.75) is 111 Å². The molecule has 0 radical (unpaired) electrons. The summed E-state index contributed by atoms with van der Waals surface area (Å²) in [6.07, 6.45) is 8.45.